The van der Waals surface area contributed by atoms with E-state index in [9.17, 15) is 0 Å². The monoisotopic (exact) mass is 168 g/mol. The highest BCUT2D eigenvalue weighted by molar-refractivity contribution is 8.05. The van der Waals surface area contributed by atoms with Gasteiger partial charge in [-0.2, -0.15) is 0 Å². The maximum atomic E-state index is 3.69. The van der Waals surface area contributed by atoms with Gasteiger partial charge in [0.1, 0.15) is 0 Å². The fourth-order valence-corrected chi connectivity index (χ4v) is 1.50. The van der Waals surface area contributed by atoms with E-state index in [0.717, 1.165) is 0 Å². The molecule has 1 atom stereocenters. The molecule has 0 aliphatic heterocycles. The van der Waals surface area contributed by atoms with E-state index in [1.165, 1.54) is 11.3 Å². The third-order valence-electron chi connectivity index (χ3n) is 1.60. The molecule has 0 spiro atoms. The van der Waals surface area contributed by atoms with E-state index in [0.29, 0.717) is 5.92 Å². The summed E-state index contributed by atoms with van der Waals surface area (Å²) >= 11 is 1.69. The first-order valence-corrected chi connectivity index (χ1v) is 4.74. The molecule has 0 bridgehead atoms. The normalized spacial score (nSPS) is 14.2. The van der Waals surface area contributed by atoms with Crippen molar-refractivity contribution in [1.29, 1.82) is 0 Å². The Labute approximate surface area is 74.1 Å². The fourth-order valence-electron chi connectivity index (χ4n) is 0.733. The van der Waals surface area contributed by atoms with Gasteiger partial charge in [-0.1, -0.05) is 39.2 Å². The molecule has 0 aromatic rings. The molecule has 0 saturated carbocycles. The Morgan fingerprint density at radius 2 is 2.18 bits per heavy atom. The zero-order valence-electron chi connectivity index (χ0n) is 7.34. The van der Waals surface area contributed by atoms with Crippen LogP contribution in [0.15, 0.2) is 35.6 Å². The van der Waals surface area contributed by atoms with Crippen LogP contribution in [0.5, 0.6) is 0 Å². The SMILES string of the molecule is C=C/C=C(\SC=C)C(C)CC. The lowest BCUT2D eigenvalue weighted by molar-refractivity contribution is 0.688. The fraction of sp³-hybridized carbons (Fsp3) is 0.400. The number of hydrogen-bond donors (Lipinski definition) is 0. The first kappa shape index (κ1) is 10.6. The molecular weight excluding hydrogens is 152 g/mol. The van der Waals surface area contributed by atoms with Crippen LogP contribution in [0.3, 0.4) is 0 Å². The van der Waals surface area contributed by atoms with E-state index in [-0.39, 0.29) is 0 Å². The molecule has 0 N–H and O–H groups in total. The Balaban J connectivity index is 4.19. The quantitative estimate of drug-likeness (QED) is 0.559. The van der Waals surface area contributed by atoms with E-state index >= 15 is 0 Å². The molecule has 0 rings (SSSR count). The lowest BCUT2D eigenvalue weighted by atomic mass is 10.1. The van der Waals surface area contributed by atoms with E-state index in [1.54, 1.807) is 11.8 Å². The minimum absolute atomic E-state index is 0.621. The second-order valence-electron chi connectivity index (χ2n) is 2.40. The maximum Gasteiger partial charge on any atom is -0.00807 e. The van der Waals surface area contributed by atoms with Crippen LogP contribution in [0.2, 0.25) is 0 Å². The minimum atomic E-state index is 0.621. The van der Waals surface area contributed by atoms with Crippen LogP contribution in [-0.4, -0.2) is 0 Å². The van der Waals surface area contributed by atoms with Gasteiger partial charge in [-0.3, -0.25) is 0 Å². The van der Waals surface area contributed by atoms with Crippen LogP contribution in [0.4, 0.5) is 0 Å². The zero-order valence-corrected chi connectivity index (χ0v) is 8.16. The van der Waals surface area contributed by atoms with Gasteiger partial charge in [0.05, 0.1) is 0 Å². The smallest absolute Gasteiger partial charge is 0.00807 e. The van der Waals surface area contributed by atoms with Crippen molar-refractivity contribution in [3.05, 3.63) is 35.6 Å². The van der Waals surface area contributed by atoms with Crippen molar-refractivity contribution in [2.24, 2.45) is 5.92 Å². The van der Waals surface area contributed by atoms with Gasteiger partial charge in [0, 0.05) is 0 Å². The van der Waals surface area contributed by atoms with Gasteiger partial charge in [-0.25, -0.2) is 0 Å². The largest absolute Gasteiger partial charge is 0.103 e. The minimum Gasteiger partial charge on any atom is -0.103 e. The van der Waals surface area contributed by atoms with Gasteiger partial charge in [0.15, 0.2) is 0 Å². The topological polar surface area (TPSA) is 0 Å². The Hall–Kier alpha value is -0.430. The highest BCUT2D eigenvalue weighted by Gasteiger charge is 2.03. The third kappa shape index (κ3) is 4.10. The Morgan fingerprint density at radius 1 is 1.55 bits per heavy atom. The molecule has 0 saturated heterocycles. The summed E-state index contributed by atoms with van der Waals surface area (Å²) < 4.78 is 0. The summed E-state index contributed by atoms with van der Waals surface area (Å²) in [5.74, 6) is 0.621. The van der Waals surface area contributed by atoms with Crippen LogP contribution in [-0.2, 0) is 0 Å². The molecule has 1 unspecified atom stereocenters. The average Bonchev–Trinajstić information content (AvgIpc) is 2.03. The summed E-state index contributed by atoms with van der Waals surface area (Å²) in [4.78, 5) is 1.34. The van der Waals surface area contributed by atoms with E-state index < -0.39 is 0 Å². The first-order chi connectivity index (χ1) is 5.26. The number of allylic oxidation sites excluding steroid dienone is 3. The van der Waals surface area contributed by atoms with Crippen LogP contribution in [0.1, 0.15) is 20.3 Å². The Bertz CT molecular complexity index is 156. The van der Waals surface area contributed by atoms with Crippen molar-refractivity contribution >= 4 is 11.8 Å². The van der Waals surface area contributed by atoms with Crippen molar-refractivity contribution in [2.75, 3.05) is 0 Å². The molecule has 0 nitrogen and oxygen atoms in total. The molecule has 0 fully saturated rings. The van der Waals surface area contributed by atoms with Gasteiger partial charge in [-0.15, -0.1) is 11.8 Å². The second kappa shape index (κ2) is 6.29. The molecule has 0 aromatic carbocycles. The van der Waals surface area contributed by atoms with Crippen molar-refractivity contribution in [1.82, 2.24) is 0 Å². The Morgan fingerprint density at radius 3 is 2.55 bits per heavy atom. The zero-order chi connectivity index (χ0) is 8.69. The molecule has 0 aliphatic carbocycles. The average molecular weight is 168 g/mol. The third-order valence-corrected chi connectivity index (χ3v) is 2.58. The maximum absolute atomic E-state index is 3.69. The summed E-state index contributed by atoms with van der Waals surface area (Å²) in [6.07, 6.45) is 5.05. The standard InChI is InChI=1S/C10H16S/c1-5-8-10(11-7-3)9(4)6-2/h5,7-9H,1,3,6H2,2,4H3/b10-8-. The highest BCUT2D eigenvalue weighted by Crippen LogP contribution is 2.26. The van der Waals surface area contributed by atoms with Crippen molar-refractivity contribution in [2.45, 2.75) is 20.3 Å². The van der Waals surface area contributed by atoms with E-state index in [2.05, 4.69) is 33.1 Å². The molecule has 1 heteroatoms. The molecule has 0 aliphatic rings. The molecule has 0 amide bonds. The Kier molecular flexibility index (Phi) is 6.05. The van der Waals surface area contributed by atoms with Crippen molar-refractivity contribution in [3.63, 3.8) is 0 Å². The number of rotatable bonds is 5. The first-order valence-electron chi connectivity index (χ1n) is 3.86. The van der Waals surface area contributed by atoms with Gasteiger partial charge in [-0.05, 0) is 22.7 Å². The van der Waals surface area contributed by atoms with Crippen LogP contribution in [0.25, 0.3) is 0 Å². The lowest BCUT2D eigenvalue weighted by Crippen LogP contribution is -1.92. The number of hydrogen-bond acceptors (Lipinski definition) is 1. The predicted octanol–water partition coefficient (Wildman–Crippen LogP) is 3.98. The summed E-state index contributed by atoms with van der Waals surface area (Å²) in [7, 11) is 0. The van der Waals surface area contributed by atoms with Gasteiger partial charge < -0.3 is 0 Å². The highest BCUT2D eigenvalue weighted by atomic mass is 32.2. The second-order valence-corrected chi connectivity index (χ2v) is 3.44. The molecule has 0 radical (unpaired) electrons. The van der Waals surface area contributed by atoms with Gasteiger partial charge in [0.25, 0.3) is 0 Å². The summed E-state index contributed by atoms with van der Waals surface area (Å²) in [5.41, 5.74) is 0. The number of thioether (sulfide) groups is 1. The lowest BCUT2D eigenvalue weighted by Gasteiger charge is -2.09. The van der Waals surface area contributed by atoms with Gasteiger partial charge in [0.2, 0.25) is 0 Å². The van der Waals surface area contributed by atoms with Crippen LogP contribution >= 0.6 is 11.8 Å². The predicted molar refractivity (Wildman–Crippen MR) is 55.5 cm³/mol. The van der Waals surface area contributed by atoms with Crippen LogP contribution < -0.4 is 0 Å². The molecule has 0 heterocycles. The molecule has 0 aromatic heterocycles. The van der Waals surface area contributed by atoms with Crippen molar-refractivity contribution < 1.29 is 0 Å². The van der Waals surface area contributed by atoms with Gasteiger partial charge >= 0.3 is 0 Å². The van der Waals surface area contributed by atoms with Crippen molar-refractivity contribution in [3.8, 4) is 0 Å². The summed E-state index contributed by atoms with van der Waals surface area (Å²) in [5, 5.41) is 1.86. The van der Waals surface area contributed by atoms with Crippen LogP contribution in [0, 0.1) is 5.92 Å². The molecule has 11 heavy (non-hydrogen) atoms. The molecule has 62 valence electrons. The summed E-state index contributed by atoms with van der Waals surface area (Å²) in [6.45, 7) is 11.8. The van der Waals surface area contributed by atoms with E-state index in [1.807, 2.05) is 11.5 Å². The van der Waals surface area contributed by atoms with E-state index in [4.69, 9.17) is 0 Å². The molecular formula is C10H16S. The summed E-state index contributed by atoms with van der Waals surface area (Å²) in [6, 6.07) is 0.